The predicted octanol–water partition coefficient (Wildman–Crippen LogP) is 3.22. The maximum Gasteiger partial charge on any atom is 0.0594 e. The van der Waals surface area contributed by atoms with Crippen molar-refractivity contribution in [3.05, 3.63) is 0 Å². The van der Waals surface area contributed by atoms with Gasteiger partial charge in [0, 0.05) is 12.5 Å². The lowest BCUT2D eigenvalue weighted by molar-refractivity contribution is 0.0397. The molecule has 0 N–H and O–H groups in total. The topological polar surface area (TPSA) is 9.23 Å². The van der Waals surface area contributed by atoms with E-state index in [9.17, 15) is 0 Å². The van der Waals surface area contributed by atoms with Crippen LogP contribution in [0.5, 0.6) is 0 Å². The first-order chi connectivity index (χ1) is 4.29. The maximum atomic E-state index is 5.27. The van der Waals surface area contributed by atoms with Crippen molar-refractivity contribution < 1.29 is 9.44 Å². The summed E-state index contributed by atoms with van der Waals surface area (Å²) in [6, 6.07) is 0. The summed E-state index contributed by atoms with van der Waals surface area (Å²) in [6.45, 7) is 9.93. The third-order valence-electron chi connectivity index (χ3n) is 0.612. The second kappa shape index (κ2) is 8.28. The van der Waals surface area contributed by atoms with Gasteiger partial charge in [0.05, 0.1) is 5.60 Å². The molecule has 1 nitrogen and oxygen atoms in total. The van der Waals surface area contributed by atoms with Crippen LogP contribution >= 0.6 is 11.6 Å². The number of methoxy groups -OCH3 is 1. The first-order valence-corrected chi connectivity index (χ1v) is 3.92. The summed E-state index contributed by atoms with van der Waals surface area (Å²) in [6.07, 6.45) is 0. The van der Waals surface area contributed by atoms with E-state index in [1.807, 2.05) is 34.6 Å². The zero-order chi connectivity index (χ0) is 8.78. The van der Waals surface area contributed by atoms with Gasteiger partial charge < -0.3 is 4.74 Å². The number of ether oxygens (including phenoxy) is 1. The summed E-state index contributed by atoms with van der Waals surface area (Å²) in [7, 11) is 1.71. The fourth-order valence-electron chi connectivity index (χ4n) is 0. The SMILES string of the molecule is CC(C)Cl.COC(C)(C)C.F. The first-order valence-electron chi connectivity index (χ1n) is 3.49. The van der Waals surface area contributed by atoms with Gasteiger partial charge in [0.1, 0.15) is 0 Å². The molecule has 0 aliphatic carbocycles. The van der Waals surface area contributed by atoms with Crippen LogP contribution in [-0.2, 0) is 4.74 Å². The van der Waals surface area contributed by atoms with E-state index in [4.69, 9.17) is 16.3 Å². The van der Waals surface area contributed by atoms with E-state index >= 15 is 0 Å². The molecule has 0 spiro atoms. The lowest BCUT2D eigenvalue weighted by Gasteiger charge is -2.14. The average Bonchev–Trinajstić information content (AvgIpc) is 1.63. The number of hydrogen-bond donors (Lipinski definition) is 0. The molecular weight excluding hydrogens is 167 g/mol. The monoisotopic (exact) mass is 186 g/mol. The van der Waals surface area contributed by atoms with E-state index in [1.54, 1.807) is 7.11 Å². The molecular formula is C8H20ClFO. The van der Waals surface area contributed by atoms with Gasteiger partial charge in [-0.25, -0.2) is 0 Å². The van der Waals surface area contributed by atoms with Crippen LogP contribution in [0.15, 0.2) is 0 Å². The van der Waals surface area contributed by atoms with Crippen molar-refractivity contribution in [3.8, 4) is 0 Å². The number of alkyl halides is 1. The van der Waals surface area contributed by atoms with Crippen molar-refractivity contribution in [2.75, 3.05) is 7.11 Å². The van der Waals surface area contributed by atoms with Crippen molar-refractivity contribution in [3.63, 3.8) is 0 Å². The van der Waals surface area contributed by atoms with Crippen LogP contribution in [-0.4, -0.2) is 18.1 Å². The summed E-state index contributed by atoms with van der Waals surface area (Å²) in [5.74, 6) is 0. The minimum atomic E-state index is 0. The van der Waals surface area contributed by atoms with Crippen LogP contribution in [0.25, 0.3) is 0 Å². The summed E-state index contributed by atoms with van der Waals surface area (Å²) < 4.78 is 4.94. The molecule has 0 fully saturated rings. The van der Waals surface area contributed by atoms with Gasteiger partial charge in [-0.05, 0) is 34.6 Å². The quantitative estimate of drug-likeness (QED) is 0.528. The normalized spacial score (nSPS) is 9.82. The van der Waals surface area contributed by atoms with Gasteiger partial charge in [-0.1, -0.05) is 0 Å². The molecule has 0 amide bonds. The van der Waals surface area contributed by atoms with Gasteiger partial charge in [0.15, 0.2) is 0 Å². The first kappa shape index (κ1) is 17.3. The van der Waals surface area contributed by atoms with Crippen LogP contribution in [0, 0.1) is 0 Å². The van der Waals surface area contributed by atoms with Crippen LogP contribution in [0.3, 0.4) is 0 Å². The Kier molecular flexibility index (Phi) is 13.0. The number of hydrogen-bond acceptors (Lipinski definition) is 1. The van der Waals surface area contributed by atoms with Gasteiger partial charge in [0.2, 0.25) is 0 Å². The predicted molar refractivity (Wildman–Crippen MR) is 50.3 cm³/mol. The fraction of sp³-hybridized carbons (Fsp3) is 1.00. The van der Waals surface area contributed by atoms with E-state index in [0.717, 1.165) is 0 Å². The summed E-state index contributed by atoms with van der Waals surface area (Å²) >= 11 is 5.27. The molecule has 0 atom stereocenters. The zero-order valence-corrected chi connectivity index (χ0v) is 9.03. The highest BCUT2D eigenvalue weighted by Crippen LogP contribution is 2.02. The molecule has 3 heteroatoms. The molecule has 0 aromatic carbocycles. The Morgan fingerprint density at radius 2 is 1.27 bits per heavy atom. The average molecular weight is 187 g/mol. The molecule has 0 aliphatic heterocycles. The van der Waals surface area contributed by atoms with Crippen LogP contribution in [0.1, 0.15) is 34.6 Å². The Bertz CT molecular complexity index is 66.2. The molecule has 0 saturated heterocycles. The molecule has 11 heavy (non-hydrogen) atoms. The Hall–Kier alpha value is 0.180. The van der Waals surface area contributed by atoms with E-state index < -0.39 is 0 Å². The van der Waals surface area contributed by atoms with Gasteiger partial charge in [-0.2, -0.15) is 0 Å². The molecule has 0 aromatic heterocycles. The van der Waals surface area contributed by atoms with Crippen LogP contribution < -0.4 is 0 Å². The van der Waals surface area contributed by atoms with Crippen molar-refractivity contribution in [2.45, 2.75) is 45.6 Å². The fourth-order valence-corrected chi connectivity index (χ4v) is 0. The molecule has 0 aliphatic rings. The number of rotatable bonds is 0. The Balaban J connectivity index is -0.000000114. The Morgan fingerprint density at radius 3 is 1.27 bits per heavy atom. The van der Waals surface area contributed by atoms with Gasteiger partial charge in [-0.15, -0.1) is 11.6 Å². The largest absolute Gasteiger partial charge is 0.379 e. The molecule has 0 aromatic rings. The van der Waals surface area contributed by atoms with Crippen molar-refractivity contribution in [1.82, 2.24) is 0 Å². The lowest BCUT2D eigenvalue weighted by Crippen LogP contribution is -2.15. The zero-order valence-electron chi connectivity index (χ0n) is 8.27. The molecule has 0 rings (SSSR count). The van der Waals surface area contributed by atoms with Gasteiger partial charge >= 0.3 is 0 Å². The van der Waals surface area contributed by atoms with Crippen molar-refractivity contribution in [1.29, 1.82) is 0 Å². The second-order valence-corrected chi connectivity index (χ2v) is 4.20. The third-order valence-corrected chi connectivity index (χ3v) is 0.612. The van der Waals surface area contributed by atoms with Crippen LogP contribution in [0.4, 0.5) is 4.70 Å². The number of halogens is 2. The van der Waals surface area contributed by atoms with Crippen molar-refractivity contribution in [2.24, 2.45) is 0 Å². The van der Waals surface area contributed by atoms with Gasteiger partial charge in [0.25, 0.3) is 0 Å². The van der Waals surface area contributed by atoms with E-state index in [1.165, 1.54) is 0 Å². The van der Waals surface area contributed by atoms with Crippen molar-refractivity contribution >= 4 is 11.6 Å². The summed E-state index contributed by atoms with van der Waals surface area (Å²) in [5.41, 5.74) is 0.0417. The van der Waals surface area contributed by atoms with E-state index in [2.05, 4.69) is 0 Å². The van der Waals surface area contributed by atoms with Gasteiger partial charge in [-0.3, -0.25) is 4.70 Å². The lowest BCUT2D eigenvalue weighted by atomic mass is 10.2. The van der Waals surface area contributed by atoms with E-state index in [-0.39, 0.29) is 10.3 Å². The smallest absolute Gasteiger partial charge is 0.0594 e. The molecule has 72 valence electrons. The summed E-state index contributed by atoms with van der Waals surface area (Å²) in [5, 5.41) is 0.306. The molecule has 0 heterocycles. The minimum Gasteiger partial charge on any atom is -0.379 e. The Labute approximate surface area is 74.4 Å². The van der Waals surface area contributed by atoms with Crippen LogP contribution in [0.2, 0.25) is 0 Å². The highest BCUT2D eigenvalue weighted by molar-refractivity contribution is 6.20. The summed E-state index contributed by atoms with van der Waals surface area (Å²) in [4.78, 5) is 0. The second-order valence-electron chi connectivity index (χ2n) is 3.33. The minimum absolute atomic E-state index is 0. The third kappa shape index (κ3) is 67.4. The molecule has 0 bridgehead atoms. The maximum absolute atomic E-state index is 5.27. The highest BCUT2D eigenvalue weighted by atomic mass is 35.5. The highest BCUT2D eigenvalue weighted by Gasteiger charge is 2.03. The molecule has 0 saturated carbocycles. The molecule has 0 unspecified atom stereocenters. The molecule has 0 radical (unpaired) electrons. The van der Waals surface area contributed by atoms with E-state index in [0.29, 0.717) is 5.38 Å². The Morgan fingerprint density at radius 1 is 1.18 bits per heavy atom. The standard InChI is InChI=1S/C5H12O.C3H7Cl.FH/c1-5(2,3)6-4;1-3(2)4;/h1-4H3;3H,1-2H3;1H.